The highest BCUT2D eigenvalue weighted by molar-refractivity contribution is 7.46. The van der Waals surface area contributed by atoms with Crippen LogP contribution in [0.2, 0.25) is 0 Å². The van der Waals surface area contributed by atoms with E-state index in [9.17, 15) is 14.8 Å². The molecule has 7 nitrogen and oxygen atoms in total. The van der Waals surface area contributed by atoms with Crippen molar-refractivity contribution < 1.29 is 29.1 Å². The zero-order chi connectivity index (χ0) is 10.9. The van der Waals surface area contributed by atoms with E-state index >= 15 is 0 Å². The molecule has 84 valence electrons. The molecule has 0 amide bonds. The predicted octanol–water partition coefficient (Wildman–Crippen LogP) is -1.84. The van der Waals surface area contributed by atoms with Gasteiger partial charge in [0.05, 0.1) is 18.8 Å². The molecule has 0 aromatic heterocycles. The lowest BCUT2D eigenvalue weighted by Crippen LogP contribution is -2.36. The number of aliphatic hydroxyl groups is 2. The van der Waals surface area contributed by atoms with Crippen molar-refractivity contribution in [3.63, 3.8) is 0 Å². The Labute approximate surface area is 80.7 Å². The van der Waals surface area contributed by atoms with Crippen LogP contribution in [0.3, 0.4) is 0 Å². The molecule has 1 fully saturated rings. The van der Waals surface area contributed by atoms with E-state index in [1.807, 2.05) is 0 Å². The van der Waals surface area contributed by atoms with Gasteiger partial charge in [-0.15, -0.1) is 0 Å². The third kappa shape index (κ3) is 2.99. The molecule has 0 bridgehead atoms. The first kappa shape index (κ1) is 12.1. The molecular weight excluding hydrogens is 213 g/mol. The van der Waals surface area contributed by atoms with Gasteiger partial charge in [-0.2, -0.15) is 0 Å². The predicted molar refractivity (Wildman–Crippen MR) is 46.1 cm³/mol. The Morgan fingerprint density at radius 2 is 1.93 bits per heavy atom. The minimum atomic E-state index is -4.52. The number of rotatable bonds is 3. The standard InChI is InChI=1S/C6H14NO6P/c7-4-1-3(5(8)6(4)9)2-13-14(10,11)12/h3-6,8-9H,1-2,7H2,(H2,10,11,12)/t3-,4-,5-,6+/m1/s1. The topological polar surface area (TPSA) is 133 Å². The van der Waals surface area contributed by atoms with Gasteiger partial charge in [0.1, 0.15) is 0 Å². The summed E-state index contributed by atoms with van der Waals surface area (Å²) < 4.78 is 14.6. The molecule has 0 spiro atoms. The fourth-order valence-corrected chi connectivity index (χ4v) is 1.91. The average Bonchev–Trinajstić information content (AvgIpc) is 2.28. The lowest BCUT2D eigenvalue weighted by atomic mass is 10.1. The van der Waals surface area contributed by atoms with Crippen LogP contribution >= 0.6 is 7.82 Å². The van der Waals surface area contributed by atoms with Crippen LogP contribution in [-0.2, 0) is 9.09 Å². The zero-order valence-electron chi connectivity index (χ0n) is 7.35. The van der Waals surface area contributed by atoms with E-state index in [1.54, 1.807) is 0 Å². The second kappa shape index (κ2) is 4.24. The van der Waals surface area contributed by atoms with Crippen LogP contribution in [0.5, 0.6) is 0 Å². The van der Waals surface area contributed by atoms with Crippen molar-refractivity contribution in [3.05, 3.63) is 0 Å². The summed E-state index contributed by atoms with van der Waals surface area (Å²) in [5, 5.41) is 18.6. The Kier molecular flexibility index (Phi) is 3.65. The fourth-order valence-electron chi connectivity index (χ4n) is 1.52. The molecule has 14 heavy (non-hydrogen) atoms. The Balaban J connectivity index is 2.44. The molecule has 0 unspecified atom stereocenters. The van der Waals surface area contributed by atoms with Crippen molar-refractivity contribution in [2.45, 2.75) is 24.7 Å². The SMILES string of the molecule is N[C@@H]1C[C@H](COP(=O)(O)O)[C@@H](O)[C@H]1O. The molecule has 1 rings (SSSR count). The molecule has 1 aliphatic rings. The van der Waals surface area contributed by atoms with Gasteiger partial charge < -0.3 is 25.7 Å². The quantitative estimate of drug-likeness (QED) is 0.358. The summed E-state index contributed by atoms with van der Waals surface area (Å²) >= 11 is 0. The minimum absolute atomic E-state index is 0.280. The number of phosphoric acid groups is 1. The molecule has 0 radical (unpaired) electrons. The highest BCUT2D eigenvalue weighted by Gasteiger charge is 2.40. The first-order valence-corrected chi connectivity index (χ1v) is 5.66. The first-order valence-electron chi connectivity index (χ1n) is 4.13. The van der Waals surface area contributed by atoms with E-state index < -0.39 is 32.0 Å². The number of hydrogen-bond acceptors (Lipinski definition) is 5. The number of hydrogen-bond donors (Lipinski definition) is 5. The normalized spacial score (nSPS) is 38.9. The maximum absolute atomic E-state index is 10.4. The summed E-state index contributed by atoms with van der Waals surface area (Å²) in [6.07, 6.45) is -1.86. The van der Waals surface area contributed by atoms with Crippen LogP contribution in [0, 0.1) is 5.92 Å². The summed E-state index contributed by atoms with van der Waals surface area (Å²) in [6.45, 7) is -0.309. The van der Waals surface area contributed by atoms with Gasteiger partial charge in [0, 0.05) is 12.0 Å². The van der Waals surface area contributed by atoms with Gasteiger partial charge in [0.25, 0.3) is 0 Å². The van der Waals surface area contributed by atoms with Gasteiger partial charge in [0.2, 0.25) is 0 Å². The second-order valence-electron chi connectivity index (χ2n) is 3.43. The Hall–Kier alpha value is -0.0100. The molecule has 1 saturated carbocycles. The van der Waals surface area contributed by atoms with E-state index in [0.717, 1.165) is 0 Å². The zero-order valence-corrected chi connectivity index (χ0v) is 8.25. The summed E-state index contributed by atoms with van der Waals surface area (Å²) in [4.78, 5) is 16.8. The van der Waals surface area contributed by atoms with Crippen LogP contribution in [0.25, 0.3) is 0 Å². The number of phosphoric ester groups is 1. The summed E-state index contributed by atoms with van der Waals surface area (Å²) in [6, 6.07) is -0.574. The molecule has 1 aliphatic carbocycles. The third-order valence-electron chi connectivity index (χ3n) is 2.30. The van der Waals surface area contributed by atoms with Crippen LogP contribution in [-0.4, -0.2) is 44.9 Å². The third-order valence-corrected chi connectivity index (χ3v) is 2.79. The molecular formula is C6H14NO6P. The lowest BCUT2D eigenvalue weighted by Gasteiger charge is -2.16. The van der Waals surface area contributed by atoms with Gasteiger partial charge in [-0.3, -0.25) is 4.52 Å². The second-order valence-corrected chi connectivity index (χ2v) is 4.67. The molecule has 6 N–H and O–H groups in total. The Morgan fingerprint density at radius 3 is 2.29 bits per heavy atom. The summed E-state index contributed by atoms with van der Waals surface area (Å²) in [5.41, 5.74) is 5.44. The fraction of sp³-hybridized carbons (Fsp3) is 1.00. The van der Waals surface area contributed by atoms with E-state index in [-0.39, 0.29) is 13.0 Å². The van der Waals surface area contributed by atoms with Crippen molar-refractivity contribution in [2.75, 3.05) is 6.61 Å². The molecule has 8 heteroatoms. The smallest absolute Gasteiger partial charge is 0.390 e. The molecule has 0 aromatic carbocycles. The number of aliphatic hydroxyl groups excluding tert-OH is 2. The lowest BCUT2D eigenvalue weighted by molar-refractivity contribution is 0.00285. The maximum atomic E-state index is 10.4. The maximum Gasteiger partial charge on any atom is 0.469 e. The van der Waals surface area contributed by atoms with Gasteiger partial charge in [0.15, 0.2) is 0 Å². The van der Waals surface area contributed by atoms with Gasteiger partial charge in [-0.05, 0) is 6.42 Å². The van der Waals surface area contributed by atoms with Crippen molar-refractivity contribution in [2.24, 2.45) is 11.7 Å². The molecule has 0 aromatic rings. The van der Waals surface area contributed by atoms with E-state index in [2.05, 4.69) is 4.52 Å². The summed E-state index contributed by atoms with van der Waals surface area (Å²) in [7, 11) is -4.52. The molecule has 4 atom stereocenters. The highest BCUT2D eigenvalue weighted by Crippen LogP contribution is 2.38. The van der Waals surface area contributed by atoms with Crippen LogP contribution < -0.4 is 5.73 Å². The molecule has 0 aliphatic heterocycles. The summed E-state index contributed by atoms with van der Waals surface area (Å²) in [5.74, 6) is -0.535. The van der Waals surface area contributed by atoms with E-state index in [4.69, 9.17) is 15.5 Å². The van der Waals surface area contributed by atoms with Crippen LogP contribution in [0.1, 0.15) is 6.42 Å². The van der Waals surface area contributed by atoms with Crippen molar-refractivity contribution in [3.8, 4) is 0 Å². The highest BCUT2D eigenvalue weighted by atomic mass is 31.2. The van der Waals surface area contributed by atoms with Gasteiger partial charge in [-0.25, -0.2) is 4.57 Å². The van der Waals surface area contributed by atoms with Gasteiger partial charge in [-0.1, -0.05) is 0 Å². The first-order chi connectivity index (χ1) is 6.31. The average molecular weight is 227 g/mol. The van der Waals surface area contributed by atoms with Crippen molar-refractivity contribution in [1.29, 1.82) is 0 Å². The monoisotopic (exact) mass is 227 g/mol. The number of nitrogens with two attached hydrogens (primary N) is 1. The van der Waals surface area contributed by atoms with Crippen molar-refractivity contribution >= 4 is 7.82 Å². The Morgan fingerprint density at radius 1 is 1.36 bits per heavy atom. The van der Waals surface area contributed by atoms with E-state index in [1.165, 1.54) is 0 Å². The van der Waals surface area contributed by atoms with Gasteiger partial charge >= 0.3 is 7.82 Å². The molecule has 0 heterocycles. The van der Waals surface area contributed by atoms with Crippen LogP contribution in [0.4, 0.5) is 0 Å². The van der Waals surface area contributed by atoms with Crippen LogP contribution in [0.15, 0.2) is 0 Å². The molecule has 0 saturated heterocycles. The largest absolute Gasteiger partial charge is 0.469 e. The van der Waals surface area contributed by atoms with Crippen molar-refractivity contribution in [1.82, 2.24) is 0 Å². The van der Waals surface area contributed by atoms with E-state index in [0.29, 0.717) is 0 Å². The Bertz CT molecular complexity index is 242. The minimum Gasteiger partial charge on any atom is -0.390 e.